The van der Waals surface area contributed by atoms with E-state index in [2.05, 4.69) is 57.7 Å². The van der Waals surface area contributed by atoms with Gasteiger partial charge in [0.15, 0.2) is 0 Å². The average Bonchev–Trinajstić information content (AvgIpc) is 2.98. The van der Waals surface area contributed by atoms with Crippen LogP contribution in [-0.2, 0) is 0 Å². The van der Waals surface area contributed by atoms with Crippen LogP contribution in [0.5, 0.6) is 0 Å². The maximum atomic E-state index is 4.30. The molecule has 0 aliphatic carbocycles. The Morgan fingerprint density at radius 3 is 2.84 bits per heavy atom. The molecule has 2 heterocycles. The van der Waals surface area contributed by atoms with Crippen LogP contribution in [0.25, 0.3) is 0 Å². The molecular weight excluding hydrogens is 254 g/mol. The first-order valence-electron chi connectivity index (χ1n) is 6.35. The van der Waals surface area contributed by atoms with E-state index < -0.39 is 0 Å². The van der Waals surface area contributed by atoms with Gasteiger partial charge in [-0.15, -0.1) is 0 Å². The summed E-state index contributed by atoms with van der Waals surface area (Å²) in [6.07, 6.45) is 1.93. The lowest BCUT2D eigenvalue weighted by Crippen LogP contribution is -2.20. The molecule has 94 valence electrons. The first-order valence-corrected chi connectivity index (χ1v) is 7.17. The number of anilines is 3. The molecule has 2 aliphatic heterocycles. The molecule has 2 aliphatic rings. The van der Waals surface area contributed by atoms with Crippen molar-refractivity contribution in [2.45, 2.75) is 9.79 Å². The quantitative estimate of drug-likeness (QED) is 0.728. The highest BCUT2D eigenvalue weighted by Crippen LogP contribution is 2.47. The molecule has 0 saturated heterocycles. The van der Waals surface area contributed by atoms with Crippen molar-refractivity contribution in [2.75, 3.05) is 23.3 Å². The molecule has 0 atom stereocenters. The van der Waals surface area contributed by atoms with Gasteiger partial charge in [0.2, 0.25) is 0 Å². The number of aliphatic imine (C=N–C) groups is 1. The van der Waals surface area contributed by atoms with Crippen LogP contribution in [0.3, 0.4) is 0 Å². The Labute approximate surface area is 116 Å². The topological polar surface area (TPSA) is 27.6 Å². The molecule has 1 N–H and O–H groups in total. The third kappa shape index (κ3) is 1.79. The van der Waals surface area contributed by atoms with Crippen LogP contribution >= 0.6 is 11.8 Å². The maximum Gasteiger partial charge on any atom is 0.0896 e. The van der Waals surface area contributed by atoms with E-state index in [1.807, 2.05) is 18.1 Å². The molecule has 0 amide bonds. The zero-order valence-electron chi connectivity index (χ0n) is 10.3. The lowest BCUT2D eigenvalue weighted by atomic mass is 10.2. The van der Waals surface area contributed by atoms with Crippen molar-refractivity contribution in [3.8, 4) is 0 Å². The zero-order valence-corrected chi connectivity index (χ0v) is 11.2. The van der Waals surface area contributed by atoms with Gasteiger partial charge in [0, 0.05) is 16.3 Å². The minimum Gasteiger partial charge on any atom is -0.352 e. The minimum atomic E-state index is 0.882. The molecule has 2 aromatic rings. The molecule has 4 rings (SSSR count). The SMILES string of the molecule is C1=NCCN1c1cccc2c1Nc1ccccc1S2. The fourth-order valence-electron chi connectivity index (χ4n) is 2.44. The summed E-state index contributed by atoms with van der Waals surface area (Å²) in [5, 5.41) is 3.56. The van der Waals surface area contributed by atoms with Crippen LogP contribution in [0.2, 0.25) is 0 Å². The van der Waals surface area contributed by atoms with Gasteiger partial charge in [-0.1, -0.05) is 30.0 Å². The van der Waals surface area contributed by atoms with Crippen molar-refractivity contribution in [3.63, 3.8) is 0 Å². The van der Waals surface area contributed by atoms with Crippen LogP contribution < -0.4 is 10.2 Å². The smallest absolute Gasteiger partial charge is 0.0896 e. The number of fused-ring (bicyclic) bond motifs is 2. The van der Waals surface area contributed by atoms with Crippen LogP contribution in [-0.4, -0.2) is 19.4 Å². The van der Waals surface area contributed by atoms with Crippen LogP contribution in [0.15, 0.2) is 57.2 Å². The summed E-state index contributed by atoms with van der Waals surface area (Å²) in [5.41, 5.74) is 3.59. The lowest BCUT2D eigenvalue weighted by Gasteiger charge is -2.26. The van der Waals surface area contributed by atoms with E-state index >= 15 is 0 Å². The Kier molecular flexibility index (Phi) is 2.48. The first kappa shape index (κ1) is 10.9. The average molecular weight is 267 g/mol. The van der Waals surface area contributed by atoms with E-state index in [0.717, 1.165) is 13.1 Å². The Hall–Kier alpha value is -1.94. The van der Waals surface area contributed by atoms with E-state index in [1.54, 1.807) is 0 Å². The van der Waals surface area contributed by atoms with Crippen molar-refractivity contribution in [1.82, 2.24) is 0 Å². The summed E-state index contributed by atoms with van der Waals surface area (Å²) in [6.45, 7) is 1.85. The molecule has 0 saturated carbocycles. The van der Waals surface area contributed by atoms with Gasteiger partial charge in [-0.05, 0) is 24.3 Å². The molecule has 0 unspecified atom stereocenters. The second-order valence-corrected chi connectivity index (χ2v) is 5.67. The Balaban J connectivity index is 1.81. The second-order valence-electron chi connectivity index (χ2n) is 4.59. The summed E-state index contributed by atoms with van der Waals surface area (Å²) in [7, 11) is 0. The van der Waals surface area contributed by atoms with Crippen LogP contribution in [0.4, 0.5) is 17.1 Å². The van der Waals surface area contributed by atoms with Gasteiger partial charge in [0.05, 0.1) is 29.9 Å². The molecule has 3 nitrogen and oxygen atoms in total. The van der Waals surface area contributed by atoms with Gasteiger partial charge in [-0.3, -0.25) is 4.99 Å². The van der Waals surface area contributed by atoms with Gasteiger partial charge in [0.1, 0.15) is 0 Å². The molecule has 0 spiro atoms. The lowest BCUT2D eigenvalue weighted by molar-refractivity contribution is 1.02. The number of hydrogen-bond acceptors (Lipinski definition) is 4. The summed E-state index contributed by atoms with van der Waals surface area (Å²) >= 11 is 1.82. The monoisotopic (exact) mass is 267 g/mol. The number of nitrogens with zero attached hydrogens (tertiary/aromatic N) is 2. The zero-order chi connectivity index (χ0) is 12.7. The molecule has 2 aromatic carbocycles. The fourth-order valence-corrected chi connectivity index (χ4v) is 3.46. The van der Waals surface area contributed by atoms with Crippen molar-refractivity contribution in [2.24, 2.45) is 4.99 Å². The van der Waals surface area contributed by atoms with E-state index in [1.165, 1.54) is 26.9 Å². The normalized spacial score (nSPS) is 15.9. The first-order chi connectivity index (χ1) is 9.42. The molecule has 0 aromatic heterocycles. The van der Waals surface area contributed by atoms with Crippen molar-refractivity contribution < 1.29 is 0 Å². The predicted molar refractivity (Wildman–Crippen MR) is 81.0 cm³/mol. The maximum absolute atomic E-state index is 4.30. The van der Waals surface area contributed by atoms with Gasteiger partial charge in [-0.25, -0.2) is 0 Å². The minimum absolute atomic E-state index is 0.882. The third-order valence-electron chi connectivity index (χ3n) is 3.37. The van der Waals surface area contributed by atoms with Crippen LogP contribution in [0.1, 0.15) is 0 Å². The predicted octanol–water partition coefficient (Wildman–Crippen LogP) is 3.74. The van der Waals surface area contributed by atoms with E-state index in [0.29, 0.717) is 0 Å². The van der Waals surface area contributed by atoms with E-state index in [4.69, 9.17) is 0 Å². The number of nitrogens with one attached hydrogen (secondary N) is 1. The molecule has 4 heteroatoms. The summed E-state index contributed by atoms with van der Waals surface area (Å²) in [5.74, 6) is 0. The number of para-hydroxylation sites is 2. The molecule has 0 radical (unpaired) electrons. The number of benzene rings is 2. The van der Waals surface area contributed by atoms with Crippen molar-refractivity contribution >= 4 is 35.2 Å². The highest BCUT2D eigenvalue weighted by molar-refractivity contribution is 7.99. The highest BCUT2D eigenvalue weighted by Gasteiger charge is 2.21. The largest absolute Gasteiger partial charge is 0.352 e. The van der Waals surface area contributed by atoms with E-state index in [-0.39, 0.29) is 0 Å². The second kappa shape index (κ2) is 4.31. The van der Waals surface area contributed by atoms with Crippen molar-refractivity contribution in [1.29, 1.82) is 0 Å². The fraction of sp³-hybridized carbons (Fsp3) is 0.133. The van der Waals surface area contributed by atoms with Gasteiger partial charge in [-0.2, -0.15) is 0 Å². The highest BCUT2D eigenvalue weighted by atomic mass is 32.2. The van der Waals surface area contributed by atoms with Crippen LogP contribution in [0, 0.1) is 0 Å². The Bertz CT molecular complexity index is 666. The number of rotatable bonds is 1. The third-order valence-corrected chi connectivity index (χ3v) is 4.51. The van der Waals surface area contributed by atoms with E-state index in [9.17, 15) is 0 Å². The van der Waals surface area contributed by atoms with Crippen molar-refractivity contribution in [3.05, 3.63) is 42.5 Å². The Morgan fingerprint density at radius 1 is 1.05 bits per heavy atom. The molecule has 0 bridgehead atoms. The molecular formula is C15H13N3S. The molecule has 19 heavy (non-hydrogen) atoms. The summed E-state index contributed by atoms with van der Waals surface area (Å²) in [4.78, 5) is 9.06. The summed E-state index contributed by atoms with van der Waals surface area (Å²) < 4.78 is 0. The number of hydrogen-bond donors (Lipinski definition) is 1. The molecule has 0 fully saturated rings. The van der Waals surface area contributed by atoms with Gasteiger partial charge < -0.3 is 10.2 Å². The van der Waals surface area contributed by atoms with Gasteiger partial charge >= 0.3 is 0 Å². The Morgan fingerprint density at radius 2 is 1.95 bits per heavy atom. The summed E-state index contributed by atoms with van der Waals surface area (Å²) in [6, 6.07) is 14.9. The van der Waals surface area contributed by atoms with Gasteiger partial charge in [0.25, 0.3) is 0 Å². The standard InChI is InChI=1S/C15H13N3S/c1-2-6-13-11(4-1)17-15-12(18-9-8-16-10-18)5-3-7-14(15)19-13/h1-7,10,17H,8-9H2.